The van der Waals surface area contributed by atoms with Crippen LogP contribution in [-0.4, -0.2) is 8.07 Å². The van der Waals surface area contributed by atoms with Crippen molar-refractivity contribution in [3.05, 3.63) is 33.0 Å². The molecule has 1 aliphatic heterocycles. The molecule has 0 atom stereocenters. The van der Waals surface area contributed by atoms with Crippen molar-refractivity contribution in [3.8, 4) is 0 Å². The third-order valence-corrected chi connectivity index (χ3v) is 9.31. The molecule has 0 saturated carbocycles. The molecule has 0 saturated heterocycles. The zero-order valence-electron chi connectivity index (χ0n) is 12.5. The van der Waals surface area contributed by atoms with Crippen LogP contribution in [0.5, 0.6) is 0 Å². The molecule has 92 valence electrons. The second-order valence-electron chi connectivity index (χ2n) is 6.12. The molecule has 1 aromatic rings. The van der Waals surface area contributed by atoms with Gasteiger partial charge in [-0.2, -0.15) is 0 Å². The highest BCUT2D eigenvalue weighted by atomic mass is 28.3. The van der Waals surface area contributed by atoms with Gasteiger partial charge in [0.1, 0.15) is 8.07 Å². The summed E-state index contributed by atoms with van der Waals surface area (Å²) < 4.78 is 0. The smallest absolute Gasteiger partial charge is 0.0756 e. The molecule has 0 aliphatic carbocycles. The minimum Gasteiger partial charge on any atom is -0.0756 e. The standard InChI is InChI=1S/C16H24Si/c1-9-10(2)12(4)16-15(11(9)3)13(5)14(6)17(16,7)8/h1-8H3. The maximum Gasteiger partial charge on any atom is 0.108 e. The molecule has 1 heterocycles. The van der Waals surface area contributed by atoms with Crippen LogP contribution in [0, 0.1) is 27.7 Å². The van der Waals surface area contributed by atoms with Crippen LogP contribution in [0.15, 0.2) is 5.20 Å². The predicted octanol–water partition coefficient (Wildman–Crippen LogP) is 4.18. The van der Waals surface area contributed by atoms with Crippen molar-refractivity contribution >= 4 is 18.8 Å². The molecular weight excluding hydrogens is 220 g/mol. The number of hydrogen-bond donors (Lipinski definition) is 0. The van der Waals surface area contributed by atoms with Crippen molar-refractivity contribution < 1.29 is 0 Å². The van der Waals surface area contributed by atoms with E-state index in [1.54, 1.807) is 27.1 Å². The van der Waals surface area contributed by atoms with Gasteiger partial charge in [-0.05, 0) is 80.1 Å². The molecule has 1 aliphatic rings. The highest BCUT2D eigenvalue weighted by Crippen LogP contribution is 2.37. The van der Waals surface area contributed by atoms with E-state index in [1.807, 2.05) is 0 Å². The van der Waals surface area contributed by atoms with Crippen molar-refractivity contribution in [2.45, 2.75) is 54.6 Å². The third kappa shape index (κ3) is 1.41. The summed E-state index contributed by atoms with van der Waals surface area (Å²) >= 11 is 0. The van der Waals surface area contributed by atoms with Crippen molar-refractivity contribution in [2.75, 3.05) is 0 Å². The quantitative estimate of drug-likeness (QED) is 0.601. The summed E-state index contributed by atoms with van der Waals surface area (Å²) in [5.74, 6) is 0. The summed E-state index contributed by atoms with van der Waals surface area (Å²) in [5, 5.41) is 3.37. The maximum absolute atomic E-state index is 2.50. The predicted molar refractivity (Wildman–Crippen MR) is 80.8 cm³/mol. The number of hydrogen-bond acceptors (Lipinski definition) is 0. The van der Waals surface area contributed by atoms with E-state index in [0.29, 0.717) is 0 Å². The average molecular weight is 244 g/mol. The second-order valence-corrected chi connectivity index (χ2v) is 10.6. The number of fused-ring (bicyclic) bond motifs is 1. The lowest BCUT2D eigenvalue weighted by Gasteiger charge is -2.25. The summed E-state index contributed by atoms with van der Waals surface area (Å²) in [6.07, 6.45) is 0. The van der Waals surface area contributed by atoms with Crippen LogP contribution in [0.2, 0.25) is 13.1 Å². The van der Waals surface area contributed by atoms with E-state index in [2.05, 4.69) is 54.6 Å². The Hall–Kier alpha value is -0.823. The van der Waals surface area contributed by atoms with Crippen LogP contribution >= 0.6 is 0 Å². The van der Waals surface area contributed by atoms with E-state index in [9.17, 15) is 0 Å². The zero-order valence-corrected chi connectivity index (χ0v) is 13.5. The third-order valence-electron chi connectivity index (χ3n) is 5.19. The average Bonchev–Trinajstić information content (AvgIpc) is 2.44. The summed E-state index contributed by atoms with van der Waals surface area (Å²) in [4.78, 5) is 0. The molecule has 0 aromatic heterocycles. The van der Waals surface area contributed by atoms with Gasteiger partial charge in [0.2, 0.25) is 0 Å². The normalized spacial score (nSPS) is 17.6. The van der Waals surface area contributed by atoms with Gasteiger partial charge in [0.05, 0.1) is 0 Å². The van der Waals surface area contributed by atoms with E-state index in [-0.39, 0.29) is 0 Å². The molecule has 0 radical (unpaired) electrons. The summed E-state index contributed by atoms with van der Waals surface area (Å²) in [7, 11) is -1.38. The van der Waals surface area contributed by atoms with Crippen LogP contribution in [0.3, 0.4) is 0 Å². The first kappa shape index (κ1) is 12.6. The molecule has 17 heavy (non-hydrogen) atoms. The van der Waals surface area contributed by atoms with Crippen molar-refractivity contribution in [3.63, 3.8) is 0 Å². The molecule has 1 heteroatoms. The van der Waals surface area contributed by atoms with Gasteiger partial charge in [-0.3, -0.25) is 0 Å². The highest BCUT2D eigenvalue weighted by molar-refractivity contribution is 6.98. The monoisotopic (exact) mass is 244 g/mol. The van der Waals surface area contributed by atoms with Crippen LogP contribution < -0.4 is 5.19 Å². The highest BCUT2D eigenvalue weighted by Gasteiger charge is 2.38. The zero-order chi connectivity index (χ0) is 13.1. The Labute approximate surface area is 107 Å². The molecular formula is C16H24Si. The fraction of sp³-hybridized carbons (Fsp3) is 0.500. The fourth-order valence-electron chi connectivity index (χ4n) is 3.41. The Morgan fingerprint density at radius 2 is 1.12 bits per heavy atom. The Balaban J connectivity index is 2.96. The minimum atomic E-state index is -1.38. The lowest BCUT2D eigenvalue weighted by molar-refractivity contribution is 1.22. The van der Waals surface area contributed by atoms with Crippen LogP contribution in [-0.2, 0) is 0 Å². The van der Waals surface area contributed by atoms with Gasteiger partial charge in [0.25, 0.3) is 0 Å². The van der Waals surface area contributed by atoms with Gasteiger partial charge in [0, 0.05) is 0 Å². The number of allylic oxidation sites excluding steroid dienone is 2. The van der Waals surface area contributed by atoms with E-state index < -0.39 is 8.07 Å². The van der Waals surface area contributed by atoms with Gasteiger partial charge in [-0.1, -0.05) is 18.3 Å². The van der Waals surface area contributed by atoms with E-state index in [0.717, 1.165) is 0 Å². The molecule has 0 bridgehead atoms. The molecule has 2 rings (SSSR count). The Morgan fingerprint density at radius 3 is 1.65 bits per heavy atom. The lowest BCUT2D eigenvalue weighted by Crippen LogP contribution is -2.43. The topological polar surface area (TPSA) is 0 Å². The van der Waals surface area contributed by atoms with Crippen molar-refractivity contribution in [1.82, 2.24) is 0 Å². The largest absolute Gasteiger partial charge is 0.108 e. The van der Waals surface area contributed by atoms with Crippen molar-refractivity contribution in [2.24, 2.45) is 0 Å². The molecule has 0 spiro atoms. The summed E-state index contributed by atoms with van der Waals surface area (Å²) in [5.41, 5.74) is 9.19. The molecule has 0 fully saturated rings. The Morgan fingerprint density at radius 1 is 0.647 bits per heavy atom. The van der Waals surface area contributed by atoms with Crippen LogP contribution in [0.1, 0.15) is 41.7 Å². The van der Waals surface area contributed by atoms with E-state index >= 15 is 0 Å². The summed E-state index contributed by atoms with van der Waals surface area (Å²) in [6.45, 7) is 18.8. The van der Waals surface area contributed by atoms with E-state index in [4.69, 9.17) is 0 Å². The lowest BCUT2D eigenvalue weighted by atomic mass is 9.91. The van der Waals surface area contributed by atoms with Gasteiger partial charge in [-0.25, -0.2) is 0 Å². The number of rotatable bonds is 0. The van der Waals surface area contributed by atoms with Crippen LogP contribution in [0.25, 0.3) is 5.57 Å². The fourth-order valence-corrected chi connectivity index (χ4v) is 6.97. The maximum atomic E-state index is 2.50. The van der Waals surface area contributed by atoms with Crippen molar-refractivity contribution in [1.29, 1.82) is 0 Å². The SMILES string of the molecule is CC1=C(C)[Si](C)(C)c2c(C)c(C)c(C)c(C)c21. The number of benzene rings is 1. The first-order valence-electron chi connectivity index (χ1n) is 6.50. The summed E-state index contributed by atoms with van der Waals surface area (Å²) in [6, 6.07) is 0. The van der Waals surface area contributed by atoms with Crippen LogP contribution in [0.4, 0.5) is 0 Å². The molecule has 0 amide bonds. The second kappa shape index (κ2) is 3.58. The van der Waals surface area contributed by atoms with E-state index in [1.165, 1.54) is 16.7 Å². The molecule has 1 aromatic carbocycles. The minimum absolute atomic E-state index is 1.38. The molecule has 0 N–H and O–H groups in total. The Kier molecular flexibility index (Phi) is 2.66. The van der Waals surface area contributed by atoms with Gasteiger partial charge < -0.3 is 0 Å². The van der Waals surface area contributed by atoms with Gasteiger partial charge >= 0.3 is 0 Å². The van der Waals surface area contributed by atoms with Gasteiger partial charge in [-0.15, -0.1) is 0 Å². The van der Waals surface area contributed by atoms with Gasteiger partial charge in [0.15, 0.2) is 0 Å². The first-order valence-corrected chi connectivity index (χ1v) is 9.50. The molecule has 0 nitrogen and oxygen atoms in total. The Bertz CT molecular complexity index is 545. The first-order chi connectivity index (χ1) is 7.71. The molecule has 0 unspecified atom stereocenters.